The normalized spacial score (nSPS) is 11.9. The average molecular weight is 850 g/mol. The molecule has 0 atom stereocenters. The number of methoxy groups -OCH3 is 1. The lowest BCUT2D eigenvalue weighted by atomic mass is 9.98. The van der Waals surface area contributed by atoms with E-state index in [0.717, 1.165) is 50.6 Å². The van der Waals surface area contributed by atoms with E-state index in [1.807, 2.05) is 122 Å². The van der Waals surface area contributed by atoms with E-state index in [-0.39, 0.29) is 11.2 Å². The van der Waals surface area contributed by atoms with Crippen molar-refractivity contribution in [3.8, 4) is 39.4 Å². The highest BCUT2D eigenvalue weighted by molar-refractivity contribution is 6.31. The van der Waals surface area contributed by atoms with Gasteiger partial charge < -0.3 is 23.8 Å². The molecule has 9 nitrogen and oxygen atoms in total. The molecular weight excluding hydrogens is 810 g/mol. The predicted octanol–water partition coefficient (Wildman–Crippen LogP) is 10.1. The first-order chi connectivity index (χ1) is 29.5. The van der Waals surface area contributed by atoms with Gasteiger partial charge in [-0.15, -0.1) is 0 Å². The van der Waals surface area contributed by atoms with E-state index >= 15 is 4.39 Å². The van der Waals surface area contributed by atoms with Crippen molar-refractivity contribution in [1.29, 1.82) is 0 Å². The number of ether oxygens (including phenoxy) is 1. The molecule has 304 valence electrons. The highest BCUT2D eigenvalue weighted by Gasteiger charge is 2.19. The first-order valence-electron chi connectivity index (χ1n) is 19.4. The number of rotatable bonds is 10. The fourth-order valence-corrected chi connectivity index (χ4v) is 7.62. The second-order valence-corrected chi connectivity index (χ2v) is 15.4. The maximum absolute atomic E-state index is 15.9. The molecule has 0 radical (unpaired) electrons. The highest BCUT2D eigenvalue weighted by atomic mass is 35.5. The third-order valence-electron chi connectivity index (χ3n) is 10.5. The number of carbonyl (C=O) groups is 2. The fourth-order valence-electron chi connectivity index (χ4n) is 7.37. The Kier molecular flexibility index (Phi) is 11.8. The van der Waals surface area contributed by atoms with E-state index in [4.69, 9.17) is 27.9 Å². The van der Waals surface area contributed by atoms with Gasteiger partial charge in [-0.05, 0) is 95.1 Å². The van der Waals surface area contributed by atoms with E-state index in [1.54, 1.807) is 42.0 Å². The van der Waals surface area contributed by atoms with Crippen LogP contribution in [0.3, 0.4) is 0 Å². The van der Waals surface area contributed by atoms with Crippen LogP contribution in [0, 0.1) is 5.82 Å². The molecule has 2 N–H and O–H groups in total. The van der Waals surface area contributed by atoms with Crippen molar-refractivity contribution in [2.45, 2.75) is 12.8 Å². The molecule has 0 spiro atoms. The molecule has 0 fully saturated rings. The molecule has 2 heterocycles. The smallest absolute Gasteiger partial charge is 0.283 e. The first kappa shape index (κ1) is 40.8. The lowest BCUT2D eigenvalue weighted by Crippen LogP contribution is -2.19. The van der Waals surface area contributed by atoms with Crippen LogP contribution in [0.1, 0.15) is 43.2 Å². The van der Waals surface area contributed by atoms with Gasteiger partial charge in [0.1, 0.15) is 11.6 Å². The molecule has 6 aromatic carbocycles. The van der Waals surface area contributed by atoms with Gasteiger partial charge in [-0.1, -0.05) is 96.0 Å². The van der Waals surface area contributed by atoms with Crippen molar-refractivity contribution < 1.29 is 18.7 Å². The molecule has 0 aliphatic rings. The molecule has 12 heteroatoms. The Hall–Kier alpha value is -7.01. The molecule has 2 amide bonds. The van der Waals surface area contributed by atoms with E-state index < -0.39 is 17.6 Å². The fraction of sp³-hybridized carbons (Fsp3) is 0.102. The number of carbonyl (C=O) groups excluding carboxylic acids is 2. The largest absolute Gasteiger partial charge is 0.497 e. The molecule has 0 aliphatic heterocycles. The number of aromatic nitrogens is 4. The third kappa shape index (κ3) is 8.96. The van der Waals surface area contributed by atoms with E-state index in [2.05, 4.69) is 20.0 Å². The van der Waals surface area contributed by atoms with Crippen molar-refractivity contribution in [2.24, 2.45) is 24.1 Å². The SMILES string of the molecule is COc1ccc(-c2c(Cc3cccc(-c4ccc(C(=O)/N=c5\[nH]c(Cc6ccccc6)c(-c6ccc(Cl)cc6)n5C)c(F)c4)c3)[nH]/c(=N\C(=O)c3ccc(Cl)cc3)n2C)cc1. The topological polar surface area (TPSA) is 110 Å². The van der Waals surface area contributed by atoms with Crippen LogP contribution in [0.4, 0.5) is 4.39 Å². The van der Waals surface area contributed by atoms with Crippen LogP contribution in [0.15, 0.2) is 156 Å². The molecule has 8 rings (SSSR count). The number of hydrogen-bond acceptors (Lipinski definition) is 3. The summed E-state index contributed by atoms with van der Waals surface area (Å²) >= 11 is 12.2. The van der Waals surface area contributed by atoms with Crippen molar-refractivity contribution in [1.82, 2.24) is 19.1 Å². The van der Waals surface area contributed by atoms with Crippen molar-refractivity contribution in [3.05, 3.63) is 206 Å². The Labute approximate surface area is 361 Å². The number of aromatic amines is 2. The number of H-pyrrole nitrogens is 2. The summed E-state index contributed by atoms with van der Waals surface area (Å²) in [5, 5.41) is 1.13. The molecule has 0 bridgehead atoms. The van der Waals surface area contributed by atoms with Crippen molar-refractivity contribution >= 4 is 35.0 Å². The number of amides is 2. The number of halogens is 3. The van der Waals surface area contributed by atoms with E-state index in [0.29, 0.717) is 45.4 Å². The molecule has 0 unspecified atom stereocenters. The summed E-state index contributed by atoms with van der Waals surface area (Å²) in [6, 6.07) is 43.9. The Bertz CT molecular complexity index is 3040. The number of benzene rings is 6. The quantitative estimate of drug-likeness (QED) is 0.143. The Morgan fingerprint density at radius 1 is 0.590 bits per heavy atom. The first-order valence-corrected chi connectivity index (χ1v) is 20.1. The van der Waals surface area contributed by atoms with Gasteiger partial charge in [0.25, 0.3) is 11.8 Å². The van der Waals surface area contributed by atoms with Crippen LogP contribution < -0.4 is 16.0 Å². The highest BCUT2D eigenvalue weighted by Crippen LogP contribution is 2.29. The molecule has 8 aromatic rings. The summed E-state index contributed by atoms with van der Waals surface area (Å²) in [7, 11) is 5.28. The monoisotopic (exact) mass is 848 g/mol. The van der Waals surface area contributed by atoms with Crippen LogP contribution in [0.5, 0.6) is 5.75 Å². The lowest BCUT2D eigenvalue weighted by molar-refractivity contribution is 0.0986. The summed E-state index contributed by atoms with van der Waals surface area (Å²) in [4.78, 5) is 42.3. The van der Waals surface area contributed by atoms with Gasteiger partial charge in [-0.2, -0.15) is 9.98 Å². The Balaban J connectivity index is 1.09. The number of nitrogens with one attached hydrogen (secondary N) is 2. The van der Waals surface area contributed by atoms with Crippen molar-refractivity contribution in [3.63, 3.8) is 0 Å². The minimum Gasteiger partial charge on any atom is -0.497 e. The van der Waals surface area contributed by atoms with Crippen LogP contribution in [-0.4, -0.2) is 38.0 Å². The zero-order chi connectivity index (χ0) is 42.6. The second kappa shape index (κ2) is 17.7. The van der Waals surface area contributed by atoms with Gasteiger partial charge in [-0.3, -0.25) is 9.59 Å². The average Bonchev–Trinajstić information content (AvgIpc) is 3.74. The van der Waals surface area contributed by atoms with Gasteiger partial charge in [0.05, 0.1) is 24.1 Å². The summed E-state index contributed by atoms with van der Waals surface area (Å²) in [6.45, 7) is 0. The molecular formula is C49H39Cl2FN6O3. The Morgan fingerprint density at radius 3 is 1.69 bits per heavy atom. The van der Waals surface area contributed by atoms with Crippen LogP contribution in [0.2, 0.25) is 10.0 Å². The molecule has 0 saturated heterocycles. The van der Waals surface area contributed by atoms with E-state index in [1.165, 1.54) is 12.1 Å². The summed E-state index contributed by atoms with van der Waals surface area (Å²) in [6.07, 6.45) is 0.993. The predicted molar refractivity (Wildman–Crippen MR) is 237 cm³/mol. The second-order valence-electron chi connectivity index (χ2n) is 14.5. The standard InChI is InChI=1S/C49H39Cl2FN6O3/c1-57-45(33-16-23-39(61-3)24-17-33)43(54-48(57)55-46(59)34-14-21-38(51)22-15-34)28-31-10-7-11-35(26-31)36-18-25-40(41(52)29-36)47(60)56-49-53-42(27-30-8-5-4-6-9-30)44(58(49)2)32-12-19-37(50)20-13-32/h4-26,29H,27-28H2,1-3H3,(H,53,56,60)(H,54,55,59). The zero-order valence-corrected chi connectivity index (χ0v) is 34.9. The van der Waals surface area contributed by atoms with Crippen LogP contribution in [0.25, 0.3) is 33.6 Å². The minimum absolute atomic E-state index is 0.153. The maximum atomic E-state index is 15.9. The summed E-state index contributed by atoms with van der Waals surface area (Å²) in [5.74, 6) is -1.12. The van der Waals surface area contributed by atoms with Crippen LogP contribution >= 0.6 is 23.2 Å². The minimum atomic E-state index is -0.718. The lowest BCUT2D eigenvalue weighted by Gasteiger charge is -2.10. The zero-order valence-electron chi connectivity index (χ0n) is 33.4. The van der Waals surface area contributed by atoms with E-state index in [9.17, 15) is 9.59 Å². The third-order valence-corrected chi connectivity index (χ3v) is 11.0. The van der Waals surface area contributed by atoms with Crippen molar-refractivity contribution in [2.75, 3.05) is 7.11 Å². The Morgan fingerprint density at radius 2 is 1.10 bits per heavy atom. The van der Waals surface area contributed by atoms with Gasteiger partial charge in [0, 0.05) is 65.1 Å². The van der Waals surface area contributed by atoms with Gasteiger partial charge in [0.2, 0.25) is 11.2 Å². The molecule has 61 heavy (non-hydrogen) atoms. The number of hydrogen-bond donors (Lipinski definition) is 2. The molecule has 0 saturated carbocycles. The van der Waals surface area contributed by atoms with Gasteiger partial charge >= 0.3 is 0 Å². The summed E-state index contributed by atoms with van der Waals surface area (Å²) < 4.78 is 25.0. The van der Waals surface area contributed by atoms with Gasteiger partial charge in [-0.25, -0.2) is 4.39 Å². The van der Waals surface area contributed by atoms with Crippen LogP contribution in [-0.2, 0) is 26.9 Å². The number of imidazole rings is 2. The van der Waals surface area contributed by atoms with Gasteiger partial charge in [0.15, 0.2) is 0 Å². The molecule has 2 aromatic heterocycles. The molecule has 0 aliphatic carbocycles. The number of nitrogens with zero attached hydrogens (tertiary/aromatic N) is 4. The maximum Gasteiger partial charge on any atom is 0.283 e. The summed E-state index contributed by atoms with van der Waals surface area (Å²) in [5.41, 5.74) is 9.35.